The molecule has 0 radical (unpaired) electrons. The van der Waals surface area contributed by atoms with Gasteiger partial charge in [-0.3, -0.25) is 19.4 Å². The third-order valence-corrected chi connectivity index (χ3v) is 17.5. The van der Waals surface area contributed by atoms with Gasteiger partial charge in [0.05, 0.1) is 52.6 Å². The van der Waals surface area contributed by atoms with Crippen molar-refractivity contribution in [2.75, 3.05) is 38.5 Å². The van der Waals surface area contributed by atoms with Gasteiger partial charge in [0.15, 0.2) is 23.4 Å². The van der Waals surface area contributed by atoms with Crippen LogP contribution in [0.15, 0.2) is 30.6 Å². The Kier molecular flexibility index (Phi) is 18.7. The summed E-state index contributed by atoms with van der Waals surface area (Å²) in [5, 5.41) is 11.0. The highest BCUT2D eigenvalue weighted by Gasteiger charge is 2.61. The van der Waals surface area contributed by atoms with E-state index in [0.717, 1.165) is 31.4 Å². The summed E-state index contributed by atoms with van der Waals surface area (Å²) in [6.45, 7) is 17.6. The quantitative estimate of drug-likeness (QED) is 0.168. The molecule has 4 aliphatic rings. The maximum absolute atomic E-state index is 14.9. The maximum Gasteiger partial charge on any atom is 0.320 e. The highest BCUT2D eigenvalue weighted by atomic mass is 35.5. The Hall–Kier alpha value is -2.89. The molecule has 1 aliphatic carbocycles. The molecule has 1 N–H and O–H groups in total. The fourth-order valence-corrected chi connectivity index (χ4v) is 13.4. The molecule has 386 valence electrons. The first-order chi connectivity index (χ1) is 32.6. The number of benzene rings is 1. The number of pyridine rings is 1. The van der Waals surface area contributed by atoms with Gasteiger partial charge in [-0.15, -0.1) is 11.8 Å². The van der Waals surface area contributed by atoms with E-state index >= 15 is 0 Å². The number of methoxy groups -OCH3 is 3. The van der Waals surface area contributed by atoms with Gasteiger partial charge >= 0.3 is 11.9 Å². The maximum atomic E-state index is 14.9. The van der Waals surface area contributed by atoms with Gasteiger partial charge in [-0.05, 0) is 97.6 Å². The third kappa shape index (κ3) is 12.3. The number of carbonyl (C=O) groups excluding carboxylic acids is 3. The van der Waals surface area contributed by atoms with Crippen LogP contribution in [0.3, 0.4) is 0 Å². The van der Waals surface area contributed by atoms with Crippen molar-refractivity contribution < 1.29 is 57.4 Å². The molecule has 14 nitrogen and oxygen atoms in total. The summed E-state index contributed by atoms with van der Waals surface area (Å²) in [6, 6.07) is 5.83. The van der Waals surface area contributed by atoms with E-state index in [1.807, 2.05) is 59.7 Å². The molecule has 4 fully saturated rings. The van der Waals surface area contributed by atoms with Gasteiger partial charge in [-0.2, -0.15) is 0 Å². The van der Waals surface area contributed by atoms with Gasteiger partial charge in [0.1, 0.15) is 23.2 Å². The Bertz CT molecular complexity index is 2080. The number of ether oxygens (including phenoxy) is 8. The molecule has 3 aliphatic heterocycles. The number of carbonyl (C=O) groups is 3. The number of cyclic esters (lactones) is 1. The molecule has 17 heteroatoms. The number of ketones is 1. The highest BCUT2D eigenvalue weighted by molar-refractivity contribution is 8.00. The third-order valence-electron chi connectivity index (χ3n) is 15.5. The van der Waals surface area contributed by atoms with Crippen LogP contribution in [-0.2, 0) is 49.3 Å². The van der Waals surface area contributed by atoms with E-state index in [-0.39, 0.29) is 24.2 Å². The minimum Gasteiger partial charge on any atom is -0.493 e. The average Bonchev–Trinajstić information content (AvgIpc) is 3.92. The molecule has 69 heavy (non-hydrogen) atoms. The number of Topliss-reactive ketones (excluding diaryl/α,β-unsaturated/α-hetero) is 1. The lowest BCUT2D eigenvalue weighted by Gasteiger charge is -2.46. The van der Waals surface area contributed by atoms with E-state index < -0.39 is 88.4 Å². The molecule has 0 bridgehead atoms. The molecule has 1 aromatic heterocycles. The first-order valence-corrected chi connectivity index (χ1v) is 26.5. The van der Waals surface area contributed by atoms with Crippen molar-refractivity contribution in [1.29, 1.82) is 0 Å². The first-order valence-electron chi connectivity index (χ1n) is 24.7. The number of anilines is 1. The summed E-state index contributed by atoms with van der Waals surface area (Å²) >= 11 is 14.8. The molecule has 0 spiro atoms. The molecule has 1 saturated carbocycles. The van der Waals surface area contributed by atoms with E-state index in [2.05, 4.69) is 9.88 Å². The van der Waals surface area contributed by atoms with E-state index in [9.17, 15) is 19.5 Å². The minimum absolute atomic E-state index is 0.0379. The van der Waals surface area contributed by atoms with Crippen LogP contribution in [0.2, 0.25) is 10.0 Å². The molecule has 0 unspecified atom stereocenters. The van der Waals surface area contributed by atoms with Crippen LogP contribution in [0.4, 0.5) is 5.69 Å². The normalized spacial score (nSPS) is 36.0. The largest absolute Gasteiger partial charge is 0.493 e. The number of fused-ring (bicyclic) bond motifs is 1. The number of rotatable bonds is 15. The fourth-order valence-electron chi connectivity index (χ4n) is 11.4. The predicted octanol–water partition coefficient (Wildman–Crippen LogP) is 9.68. The zero-order valence-corrected chi connectivity index (χ0v) is 44.9. The van der Waals surface area contributed by atoms with Crippen molar-refractivity contribution in [2.24, 2.45) is 29.6 Å². The SMILES string of the molecule is CC[C@H]1OC(=O)[C@H](C)[C@@H](O[C@H]2C[C@@](C)(OC)[C@@H](O)[C@H](C)O2)[C@H](C)C[C@](C)(OC)C[C@@H](C)C(=O)[C@H](C)[C@H]2[C@H](SCCN(Cc3c(Cl)cncc3Cl)c3ccc(OC)c(OC4CCCC4)c3)C(=O)O[C@@]21C. The number of hydrogen-bond donors (Lipinski definition) is 1. The number of esters is 2. The number of aliphatic hydroxyl groups excluding tert-OH is 1. The highest BCUT2D eigenvalue weighted by Crippen LogP contribution is 2.49. The topological polar surface area (TPSA) is 161 Å². The molecular weight excluding hydrogens is 948 g/mol. The van der Waals surface area contributed by atoms with Crippen molar-refractivity contribution in [2.45, 2.75) is 179 Å². The van der Waals surface area contributed by atoms with Crippen LogP contribution < -0.4 is 14.4 Å². The summed E-state index contributed by atoms with van der Waals surface area (Å²) in [6.07, 6.45) is 4.80. The van der Waals surface area contributed by atoms with Crippen LogP contribution in [0, 0.1) is 29.6 Å². The second-order valence-corrected chi connectivity index (χ2v) is 22.6. The Labute approximate surface area is 423 Å². The van der Waals surface area contributed by atoms with Crippen LogP contribution in [0.25, 0.3) is 0 Å². The Morgan fingerprint density at radius 3 is 2.20 bits per heavy atom. The van der Waals surface area contributed by atoms with Gasteiger partial charge in [0, 0.05) is 86.9 Å². The van der Waals surface area contributed by atoms with Gasteiger partial charge in [0.25, 0.3) is 0 Å². The van der Waals surface area contributed by atoms with E-state index in [0.29, 0.717) is 65.2 Å². The summed E-state index contributed by atoms with van der Waals surface area (Å²) in [5.74, 6) is -2.27. The van der Waals surface area contributed by atoms with E-state index in [4.69, 9.17) is 61.1 Å². The predicted molar refractivity (Wildman–Crippen MR) is 267 cm³/mol. The van der Waals surface area contributed by atoms with E-state index in [1.165, 1.54) is 11.8 Å². The van der Waals surface area contributed by atoms with Crippen molar-refractivity contribution in [1.82, 2.24) is 4.98 Å². The molecule has 0 amide bonds. The Morgan fingerprint density at radius 2 is 1.58 bits per heavy atom. The van der Waals surface area contributed by atoms with Crippen LogP contribution >= 0.6 is 35.0 Å². The van der Waals surface area contributed by atoms with Crippen molar-refractivity contribution in [3.8, 4) is 11.5 Å². The summed E-state index contributed by atoms with van der Waals surface area (Å²) in [4.78, 5) is 50.3. The Morgan fingerprint density at radius 1 is 0.899 bits per heavy atom. The number of thioether (sulfide) groups is 1. The molecule has 3 saturated heterocycles. The standard InChI is InChI=1S/C52H76Cl2N2O12S/c1-13-41-52(9)43(31(4)44(57)29(2)23-50(7,62-11)24-30(3)45(32(5)48(59)66-41)67-42-25-51(8,63-12)47(58)33(6)64-42)46(49(60)68-52)69-21-20-56(28-36-37(53)26-55-27-38(36)54)34-18-19-39(61-10)40(22-34)65-35-16-14-15-17-35/h18-19,22,26-27,29-33,35,41-43,45-47,58H,13-17,20-21,23-25,28H2,1-12H3/t29-,30-,31-,32-,33+,41-,42+,43+,45+,46+,47+,50-,51-,52-/m1/s1. The van der Waals surface area contributed by atoms with Crippen molar-refractivity contribution in [3.63, 3.8) is 0 Å². The summed E-state index contributed by atoms with van der Waals surface area (Å²) < 4.78 is 50.1. The van der Waals surface area contributed by atoms with Gasteiger partial charge in [-0.25, -0.2) is 0 Å². The van der Waals surface area contributed by atoms with Crippen molar-refractivity contribution >= 4 is 58.4 Å². The smallest absolute Gasteiger partial charge is 0.320 e. The minimum atomic E-state index is -1.37. The fraction of sp³-hybridized carbons (Fsp3) is 0.731. The molecule has 1 aromatic carbocycles. The monoisotopic (exact) mass is 1020 g/mol. The zero-order chi connectivity index (χ0) is 50.6. The molecule has 2 aromatic rings. The molecule has 6 rings (SSSR count). The number of hydrogen-bond acceptors (Lipinski definition) is 15. The lowest BCUT2D eigenvalue weighted by Crippen LogP contribution is -2.57. The van der Waals surface area contributed by atoms with E-state index in [1.54, 1.807) is 54.5 Å². The number of aliphatic hydroxyl groups is 1. The van der Waals surface area contributed by atoms with Crippen LogP contribution in [-0.4, -0.2) is 120 Å². The number of halogens is 2. The first kappa shape index (κ1) is 55.4. The lowest BCUT2D eigenvalue weighted by molar-refractivity contribution is -0.296. The zero-order valence-electron chi connectivity index (χ0n) is 42.6. The Balaban J connectivity index is 1.31. The summed E-state index contributed by atoms with van der Waals surface area (Å²) in [5.41, 5.74) is -1.60. The molecular formula is C52H76Cl2N2O12S. The second kappa shape index (κ2) is 23.3. The number of aromatic nitrogens is 1. The average molecular weight is 1020 g/mol. The van der Waals surface area contributed by atoms with Gasteiger partial charge < -0.3 is 47.9 Å². The summed E-state index contributed by atoms with van der Waals surface area (Å²) in [7, 11) is 4.80. The lowest BCUT2D eigenvalue weighted by atomic mass is 9.70. The van der Waals surface area contributed by atoms with Gasteiger partial charge in [-0.1, -0.05) is 50.9 Å². The molecule has 4 heterocycles. The van der Waals surface area contributed by atoms with Gasteiger partial charge in [0.2, 0.25) is 0 Å². The second-order valence-electron chi connectivity index (χ2n) is 20.6. The van der Waals surface area contributed by atoms with Crippen molar-refractivity contribution in [3.05, 3.63) is 46.2 Å². The molecule has 14 atom stereocenters. The van der Waals surface area contributed by atoms with Crippen LogP contribution in [0.5, 0.6) is 11.5 Å². The van der Waals surface area contributed by atoms with Crippen LogP contribution in [0.1, 0.15) is 119 Å². The number of nitrogens with zero attached hydrogens (tertiary/aromatic N) is 2.